The Hall–Kier alpha value is -2.04. The summed E-state index contributed by atoms with van der Waals surface area (Å²) < 4.78 is 5.40. The number of nitrogens with zero attached hydrogens (tertiary/aromatic N) is 1. The normalized spacial score (nSPS) is 16.3. The van der Waals surface area contributed by atoms with Crippen LogP contribution in [0.3, 0.4) is 0 Å². The molecule has 1 aromatic rings. The summed E-state index contributed by atoms with van der Waals surface area (Å²) in [5.74, 6) is -0.0545. The van der Waals surface area contributed by atoms with Crippen molar-refractivity contribution in [2.24, 2.45) is 0 Å². The highest BCUT2D eigenvalue weighted by Gasteiger charge is 2.27. The van der Waals surface area contributed by atoms with Crippen LogP contribution in [0.4, 0.5) is 4.79 Å². The zero-order valence-corrected chi connectivity index (χ0v) is 16.9. The summed E-state index contributed by atoms with van der Waals surface area (Å²) in [5, 5.41) is 3.08. The van der Waals surface area contributed by atoms with Gasteiger partial charge < -0.3 is 15.0 Å². The minimum atomic E-state index is -0.485. The van der Waals surface area contributed by atoms with Gasteiger partial charge in [-0.05, 0) is 56.7 Å². The smallest absolute Gasteiger partial charge is 0.410 e. The van der Waals surface area contributed by atoms with Crippen LogP contribution in [0.2, 0.25) is 0 Å². The summed E-state index contributed by atoms with van der Waals surface area (Å²) in [6.45, 7) is 13.3. The summed E-state index contributed by atoms with van der Waals surface area (Å²) >= 11 is 0. The second-order valence-electron chi connectivity index (χ2n) is 9.04. The molecule has 0 aliphatic carbocycles. The third kappa shape index (κ3) is 5.75. The standard InChI is InChI=1S/C21H32N2O3/c1-20(2,3)16-9-7-15(8-10-16)18(24)22-17-11-13-23(14-12-17)19(25)26-21(4,5)6/h7-10,17H,11-14H2,1-6H3,(H,22,24). The Morgan fingerprint density at radius 1 is 1.00 bits per heavy atom. The lowest BCUT2D eigenvalue weighted by Gasteiger charge is -2.33. The van der Waals surface area contributed by atoms with Gasteiger partial charge in [0.1, 0.15) is 5.60 Å². The molecule has 5 heteroatoms. The van der Waals surface area contributed by atoms with Crippen LogP contribution in [0.15, 0.2) is 24.3 Å². The number of rotatable bonds is 2. The molecule has 0 atom stereocenters. The highest BCUT2D eigenvalue weighted by molar-refractivity contribution is 5.94. The van der Waals surface area contributed by atoms with Crippen LogP contribution in [0.5, 0.6) is 0 Å². The van der Waals surface area contributed by atoms with E-state index in [0.717, 1.165) is 12.8 Å². The zero-order chi connectivity index (χ0) is 19.5. The summed E-state index contributed by atoms with van der Waals surface area (Å²) in [6, 6.07) is 7.88. The average molecular weight is 360 g/mol. The minimum absolute atomic E-state index is 0.0545. The van der Waals surface area contributed by atoms with Crippen LogP contribution in [0.1, 0.15) is 70.3 Å². The molecule has 1 fully saturated rings. The predicted molar refractivity (Wildman–Crippen MR) is 103 cm³/mol. The van der Waals surface area contributed by atoms with E-state index in [0.29, 0.717) is 18.7 Å². The van der Waals surface area contributed by atoms with Crippen molar-refractivity contribution in [1.29, 1.82) is 0 Å². The van der Waals surface area contributed by atoms with Crippen LogP contribution in [0.25, 0.3) is 0 Å². The summed E-state index contributed by atoms with van der Waals surface area (Å²) in [7, 11) is 0. The Bertz CT molecular complexity index is 631. The van der Waals surface area contributed by atoms with Gasteiger partial charge in [0.05, 0.1) is 0 Å². The Morgan fingerprint density at radius 2 is 1.54 bits per heavy atom. The molecule has 0 spiro atoms. The van der Waals surface area contributed by atoms with Gasteiger partial charge in [0, 0.05) is 24.7 Å². The van der Waals surface area contributed by atoms with Gasteiger partial charge in [-0.1, -0.05) is 32.9 Å². The molecular formula is C21H32N2O3. The molecule has 1 aliphatic heterocycles. The van der Waals surface area contributed by atoms with E-state index in [4.69, 9.17) is 4.74 Å². The number of carbonyl (C=O) groups excluding carboxylic acids is 2. The van der Waals surface area contributed by atoms with Gasteiger partial charge in [0.2, 0.25) is 0 Å². The van der Waals surface area contributed by atoms with Crippen LogP contribution < -0.4 is 5.32 Å². The van der Waals surface area contributed by atoms with Crippen molar-refractivity contribution in [2.45, 2.75) is 71.4 Å². The maximum absolute atomic E-state index is 12.5. The molecule has 0 saturated carbocycles. The van der Waals surface area contributed by atoms with Gasteiger partial charge in [-0.15, -0.1) is 0 Å². The first-order valence-electron chi connectivity index (χ1n) is 9.35. The van der Waals surface area contributed by atoms with E-state index in [9.17, 15) is 9.59 Å². The fourth-order valence-corrected chi connectivity index (χ4v) is 2.92. The second kappa shape index (κ2) is 7.68. The lowest BCUT2D eigenvalue weighted by Crippen LogP contribution is -2.47. The summed E-state index contributed by atoms with van der Waals surface area (Å²) in [4.78, 5) is 26.3. The third-order valence-electron chi connectivity index (χ3n) is 4.49. The first kappa shape index (κ1) is 20.3. The molecule has 2 amide bonds. The fourth-order valence-electron chi connectivity index (χ4n) is 2.92. The number of piperidine rings is 1. The minimum Gasteiger partial charge on any atom is -0.444 e. The largest absolute Gasteiger partial charge is 0.444 e. The fraction of sp³-hybridized carbons (Fsp3) is 0.619. The maximum atomic E-state index is 12.5. The van der Waals surface area contributed by atoms with E-state index in [1.807, 2.05) is 45.0 Å². The molecule has 0 aromatic heterocycles. The molecule has 1 N–H and O–H groups in total. The van der Waals surface area contributed by atoms with Crippen LogP contribution in [-0.2, 0) is 10.2 Å². The first-order chi connectivity index (χ1) is 12.0. The molecule has 144 valence electrons. The molecule has 0 radical (unpaired) electrons. The van der Waals surface area contributed by atoms with Crippen LogP contribution >= 0.6 is 0 Å². The van der Waals surface area contributed by atoms with Crippen molar-refractivity contribution < 1.29 is 14.3 Å². The second-order valence-corrected chi connectivity index (χ2v) is 9.04. The zero-order valence-electron chi connectivity index (χ0n) is 16.9. The van der Waals surface area contributed by atoms with E-state index in [1.54, 1.807) is 4.90 Å². The Balaban J connectivity index is 1.85. The van der Waals surface area contributed by atoms with Gasteiger partial charge in [0.25, 0.3) is 5.91 Å². The molecule has 5 nitrogen and oxygen atoms in total. The van der Waals surface area contributed by atoms with Gasteiger partial charge in [-0.2, -0.15) is 0 Å². The lowest BCUT2D eigenvalue weighted by molar-refractivity contribution is 0.0199. The molecule has 1 heterocycles. The average Bonchev–Trinajstić information content (AvgIpc) is 2.53. The number of amides is 2. The van der Waals surface area contributed by atoms with E-state index < -0.39 is 5.60 Å². The van der Waals surface area contributed by atoms with Crippen molar-refractivity contribution in [3.05, 3.63) is 35.4 Å². The van der Waals surface area contributed by atoms with Crippen molar-refractivity contribution >= 4 is 12.0 Å². The van der Waals surface area contributed by atoms with Crippen molar-refractivity contribution in [1.82, 2.24) is 10.2 Å². The SMILES string of the molecule is CC(C)(C)OC(=O)N1CCC(NC(=O)c2ccc(C(C)(C)C)cc2)CC1. The molecule has 1 aromatic carbocycles. The van der Waals surface area contributed by atoms with Crippen molar-refractivity contribution in [3.8, 4) is 0 Å². The third-order valence-corrected chi connectivity index (χ3v) is 4.49. The molecular weight excluding hydrogens is 328 g/mol. The number of carbonyl (C=O) groups is 2. The summed E-state index contributed by atoms with van der Waals surface area (Å²) in [5.41, 5.74) is 1.47. The Kier molecular flexibility index (Phi) is 5.99. The van der Waals surface area contributed by atoms with Crippen LogP contribution in [-0.4, -0.2) is 41.6 Å². The van der Waals surface area contributed by atoms with Crippen molar-refractivity contribution in [2.75, 3.05) is 13.1 Å². The van der Waals surface area contributed by atoms with Crippen molar-refractivity contribution in [3.63, 3.8) is 0 Å². The number of nitrogens with one attached hydrogen (secondary N) is 1. The maximum Gasteiger partial charge on any atom is 0.410 e. The van der Waals surface area contributed by atoms with Gasteiger partial charge in [0.15, 0.2) is 0 Å². The lowest BCUT2D eigenvalue weighted by atomic mass is 9.86. The van der Waals surface area contributed by atoms with E-state index in [1.165, 1.54) is 5.56 Å². The van der Waals surface area contributed by atoms with E-state index in [2.05, 4.69) is 26.1 Å². The quantitative estimate of drug-likeness (QED) is 0.863. The molecule has 26 heavy (non-hydrogen) atoms. The number of benzene rings is 1. The molecule has 0 bridgehead atoms. The van der Waals surface area contributed by atoms with Gasteiger partial charge in [-0.25, -0.2) is 4.79 Å². The van der Waals surface area contributed by atoms with Gasteiger partial charge >= 0.3 is 6.09 Å². The van der Waals surface area contributed by atoms with E-state index in [-0.39, 0.29) is 23.5 Å². The number of likely N-dealkylation sites (tertiary alicyclic amines) is 1. The number of hydrogen-bond acceptors (Lipinski definition) is 3. The Labute approximate surface area is 157 Å². The molecule has 1 aliphatic rings. The number of ether oxygens (including phenoxy) is 1. The summed E-state index contributed by atoms with van der Waals surface area (Å²) in [6.07, 6.45) is 1.20. The van der Waals surface area contributed by atoms with Crippen LogP contribution in [0, 0.1) is 0 Å². The molecule has 1 saturated heterocycles. The number of hydrogen-bond donors (Lipinski definition) is 1. The monoisotopic (exact) mass is 360 g/mol. The predicted octanol–water partition coefficient (Wildman–Crippen LogP) is 4.11. The molecule has 0 unspecified atom stereocenters. The Morgan fingerprint density at radius 3 is 2.00 bits per heavy atom. The molecule has 2 rings (SSSR count). The van der Waals surface area contributed by atoms with Gasteiger partial charge in [-0.3, -0.25) is 4.79 Å². The van der Waals surface area contributed by atoms with E-state index >= 15 is 0 Å². The topological polar surface area (TPSA) is 58.6 Å². The first-order valence-corrected chi connectivity index (χ1v) is 9.35. The highest BCUT2D eigenvalue weighted by Crippen LogP contribution is 2.22. The highest BCUT2D eigenvalue weighted by atomic mass is 16.6.